The zero-order valence-corrected chi connectivity index (χ0v) is 48.0. The van der Waals surface area contributed by atoms with Gasteiger partial charge in [0.05, 0.1) is 19.3 Å². The topological polar surface area (TPSA) is 276 Å². The number of ether oxygens (including phenoxy) is 8. The van der Waals surface area contributed by atoms with Crippen molar-refractivity contribution in [1.82, 2.24) is 5.32 Å². The second-order valence-electron chi connectivity index (χ2n) is 17.5. The number of halogens is 5. The number of phosphoric ester groups is 1. The van der Waals surface area contributed by atoms with Crippen LogP contribution in [0.5, 0.6) is 5.75 Å². The number of nitrogens with one attached hydrogen (secondary N) is 1. The van der Waals surface area contributed by atoms with E-state index in [0.717, 1.165) is 52.1 Å². The normalized spacial score (nSPS) is 23.3. The van der Waals surface area contributed by atoms with Gasteiger partial charge in [0.1, 0.15) is 31.6 Å². The predicted molar refractivity (Wildman–Crippen MR) is 273 cm³/mol. The summed E-state index contributed by atoms with van der Waals surface area (Å²) in [5.41, 5.74) is 5.30. The summed E-state index contributed by atoms with van der Waals surface area (Å²) >= 11 is 0. The van der Waals surface area contributed by atoms with Crippen molar-refractivity contribution in [2.24, 2.45) is 29.4 Å². The van der Waals surface area contributed by atoms with Crippen LogP contribution in [0.4, 0.5) is 22.0 Å². The maximum absolute atomic E-state index is 13.6. The van der Waals surface area contributed by atoms with Crippen molar-refractivity contribution < 1.29 is 108 Å². The average Bonchev–Trinajstić information content (AvgIpc) is 3.41. The Labute approximate surface area is 451 Å². The van der Waals surface area contributed by atoms with Crippen LogP contribution in [0, 0.1) is 52.8 Å². The zero-order valence-electron chi connectivity index (χ0n) is 47.1. The van der Waals surface area contributed by atoms with Gasteiger partial charge >= 0.3 is 25.7 Å². The molecular weight excluding hydrogens is 1050 g/mol. The van der Waals surface area contributed by atoms with E-state index >= 15 is 0 Å². The molecule has 0 aliphatic carbocycles. The van der Waals surface area contributed by atoms with E-state index in [2.05, 4.69) is 19.1 Å². The molecule has 0 spiro atoms. The van der Waals surface area contributed by atoms with Crippen LogP contribution in [0.25, 0.3) is 0 Å². The lowest BCUT2D eigenvalue weighted by Crippen LogP contribution is -2.53. The number of hydrogen-bond acceptors (Lipinski definition) is 18. The van der Waals surface area contributed by atoms with E-state index in [1.807, 2.05) is 55.4 Å². The lowest BCUT2D eigenvalue weighted by molar-refractivity contribution is -0.273. The van der Waals surface area contributed by atoms with Crippen molar-refractivity contribution in [3.05, 3.63) is 29.1 Å². The van der Waals surface area contributed by atoms with Crippen LogP contribution in [0.15, 0.2) is 0 Å². The first-order chi connectivity index (χ1) is 36.5. The van der Waals surface area contributed by atoms with Gasteiger partial charge in [-0.15, -0.1) is 0 Å². The van der Waals surface area contributed by atoms with Gasteiger partial charge in [-0.1, -0.05) is 81.1 Å². The maximum Gasteiger partial charge on any atom is 0.471 e. The van der Waals surface area contributed by atoms with Gasteiger partial charge in [0.2, 0.25) is 40.7 Å². The minimum atomic E-state index is -3.75. The second-order valence-corrected chi connectivity index (χ2v) is 19.1. The van der Waals surface area contributed by atoms with E-state index in [9.17, 15) is 55.9 Å². The molecule has 2 fully saturated rings. The fourth-order valence-corrected chi connectivity index (χ4v) is 7.66. The summed E-state index contributed by atoms with van der Waals surface area (Å²) in [6.07, 6.45) is 3.73. The monoisotopic (exact) mass is 1140 g/mol. The van der Waals surface area contributed by atoms with Gasteiger partial charge in [-0.2, -0.15) is 8.78 Å². The molecule has 452 valence electrons. The molecule has 1 aromatic carbocycles. The Kier molecular flexibility index (Phi) is 42.6. The summed E-state index contributed by atoms with van der Waals surface area (Å²) in [6, 6.07) is 0. The number of phosphoric acid groups is 1. The summed E-state index contributed by atoms with van der Waals surface area (Å²) in [7, 11) is -1.07. The number of aliphatic hydroxyl groups is 2. The Bertz CT molecular complexity index is 1820. The minimum absolute atomic E-state index is 0.00870. The van der Waals surface area contributed by atoms with Crippen LogP contribution in [0.3, 0.4) is 0 Å². The molecule has 0 radical (unpaired) electrons. The molecule has 26 heteroatoms. The number of aliphatic hydroxyl groups excluding tert-OH is 2. The number of carbonyl (C=O) groups excluding carboxylic acids is 4. The first-order valence-corrected chi connectivity index (χ1v) is 27.8. The second kappa shape index (κ2) is 43.4. The van der Waals surface area contributed by atoms with Crippen LogP contribution in [-0.4, -0.2) is 136 Å². The van der Waals surface area contributed by atoms with Crippen molar-refractivity contribution in [3.8, 4) is 5.75 Å². The summed E-state index contributed by atoms with van der Waals surface area (Å²) in [6.45, 7) is 19.7. The molecule has 1 amide bonds. The van der Waals surface area contributed by atoms with Crippen LogP contribution >= 0.6 is 7.82 Å². The maximum atomic E-state index is 13.6. The summed E-state index contributed by atoms with van der Waals surface area (Å²) in [5.74, 6) is -15.3. The van der Waals surface area contributed by atoms with Gasteiger partial charge < -0.3 is 64.1 Å². The summed E-state index contributed by atoms with van der Waals surface area (Å²) in [5, 5.41) is 21.9. The van der Waals surface area contributed by atoms with Gasteiger partial charge in [0.25, 0.3) is 0 Å². The molecule has 2 heterocycles. The summed E-state index contributed by atoms with van der Waals surface area (Å²) in [4.78, 5) is 54.7. The Hall–Kier alpha value is -3.46. The van der Waals surface area contributed by atoms with Gasteiger partial charge in [0.15, 0.2) is 12.6 Å². The van der Waals surface area contributed by atoms with Crippen LogP contribution in [0.2, 0.25) is 0 Å². The number of carbonyl (C=O) groups is 4. The highest BCUT2D eigenvalue weighted by Crippen LogP contribution is 2.42. The number of nitrogens with two attached hydrogens (primary N) is 1. The van der Waals surface area contributed by atoms with Crippen molar-refractivity contribution >= 4 is 31.6 Å². The Balaban J connectivity index is 0. The molecule has 2 aliphatic rings. The number of hydrogen-bond donors (Lipinski definition) is 5. The smallest absolute Gasteiger partial charge is 0.463 e. The highest BCUT2D eigenvalue weighted by Gasteiger charge is 2.45. The Morgan fingerprint density at radius 1 is 0.662 bits per heavy atom. The van der Waals surface area contributed by atoms with E-state index in [1.54, 1.807) is 0 Å². The molecule has 20 nitrogen and oxygen atoms in total. The van der Waals surface area contributed by atoms with Gasteiger partial charge in [-0.3, -0.25) is 28.2 Å². The number of amides is 1. The number of unbranched alkanes of at least 4 members (excludes halogenated alkanes) is 7. The van der Waals surface area contributed by atoms with E-state index in [0.29, 0.717) is 32.4 Å². The third kappa shape index (κ3) is 30.1. The molecule has 0 saturated carbocycles. The van der Waals surface area contributed by atoms with Gasteiger partial charge in [-0.05, 0) is 51.0 Å². The fraction of sp³-hybridized carbons (Fsp3) is 0.804. The lowest BCUT2D eigenvalue weighted by Gasteiger charge is -2.43. The summed E-state index contributed by atoms with van der Waals surface area (Å²) < 4.78 is 129. The average molecular weight is 1150 g/mol. The largest absolute Gasteiger partial charge is 0.471 e. The highest BCUT2D eigenvalue weighted by atomic mass is 31.2. The lowest BCUT2D eigenvalue weighted by atomic mass is 9.84. The van der Waals surface area contributed by atoms with Crippen LogP contribution in [0.1, 0.15) is 146 Å². The third-order valence-corrected chi connectivity index (χ3v) is 12.9. The quantitative estimate of drug-likeness (QED) is 0.00737. The molecule has 2 aliphatic heterocycles. The standard InChI is InChI=1S/C24H29F5O8.C16H31NO6.C7H18NO4P.2C2H6/c1-11-12(2)24(36-15(10-34-13(3)30)22(11)35-14(4)31)33-9-7-5-6-8-16(32)37-23-20(28)18(26)17(25)19(27)21(23)29;1-11-12(2)16(23-13(9-18)15(11)20)22-8-6-4-5-7-14(19)17-10-21-3;1-11-13(9,10)12-7-5-3-2-4-6-8;2*1-2/h11-12,15,22,24H,5-10H2,1-4H3;11-13,15-16,18,20H,4-10H2,1-3H3,(H,17,19);2-8H2,1H3,(H,9,10);2*1-2H3/t11-,12?,15?,22-,24-;11-,12?,13?,15-,16-;;;/m11.../s1. The molecular formula is C51H90F5N2O18P. The van der Waals surface area contributed by atoms with Crippen molar-refractivity contribution in [2.45, 2.75) is 183 Å². The molecule has 6 N–H and O–H groups in total. The molecule has 11 atom stereocenters. The van der Waals surface area contributed by atoms with E-state index in [-0.39, 0.29) is 75.6 Å². The zero-order chi connectivity index (χ0) is 59.3. The number of benzene rings is 1. The third-order valence-electron chi connectivity index (χ3n) is 11.9. The number of methoxy groups -OCH3 is 1. The molecule has 1 aromatic rings. The molecule has 3 rings (SSSR count). The van der Waals surface area contributed by atoms with E-state index < -0.39 is 97.6 Å². The SMILES string of the molecule is CC.CC.CC(=O)OCC1O[C@@H](OCCCCCC(=O)Oc2c(F)c(F)c(F)c(F)c2F)C(C)[C@@H](C)[C@H]1OC(C)=O.COCNC(=O)CCCCCO[C@@H]1OC(CO)[C@H](O)[C@H](C)C1C.COP(=O)(O)OCCCCCCN. The first-order valence-electron chi connectivity index (χ1n) is 26.3. The van der Waals surface area contributed by atoms with Crippen LogP contribution in [-0.2, 0) is 65.9 Å². The molecule has 0 bridgehead atoms. The Morgan fingerprint density at radius 3 is 1.64 bits per heavy atom. The molecule has 5 unspecified atom stereocenters. The highest BCUT2D eigenvalue weighted by molar-refractivity contribution is 7.47. The Morgan fingerprint density at radius 2 is 1.14 bits per heavy atom. The van der Waals surface area contributed by atoms with E-state index in [1.165, 1.54) is 21.0 Å². The predicted octanol–water partition coefficient (Wildman–Crippen LogP) is 8.31. The first kappa shape index (κ1) is 75.6. The molecule has 77 heavy (non-hydrogen) atoms. The fourth-order valence-electron chi connectivity index (χ4n) is 7.20. The molecule has 0 aromatic heterocycles. The van der Waals surface area contributed by atoms with Crippen molar-refractivity contribution in [2.75, 3.05) is 60.5 Å². The van der Waals surface area contributed by atoms with E-state index in [4.69, 9.17) is 43.8 Å². The number of rotatable bonds is 29. The van der Waals surface area contributed by atoms with Crippen LogP contribution < -0.4 is 15.8 Å². The number of esters is 3. The van der Waals surface area contributed by atoms with Crippen molar-refractivity contribution in [3.63, 3.8) is 0 Å². The van der Waals surface area contributed by atoms with Gasteiger partial charge in [-0.25, -0.2) is 17.7 Å². The van der Waals surface area contributed by atoms with Gasteiger partial charge in [0, 0.05) is 71.9 Å². The molecule has 2 saturated heterocycles. The minimum Gasteiger partial charge on any atom is -0.463 e. The van der Waals surface area contributed by atoms with Crippen molar-refractivity contribution in [1.29, 1.82) is 0 Å².